The number of hydrogen-bond donors (Lipinski definition) is 9. The number of allylic oxidation sites excluding steroid dienone is 1. The fourth-order valence-corrected chi connectivity index (χ4v) is 6.73. The fraction of sp³-hybridized carbons (Fsp3) is 0.912. The number of nitrogens with one attached hydrogen (secondary N) is 1. The molecule has 1 fully saturated rings. The molecule has 0 heterocycles. The first-order chi connectivity index (χ1) is 22.8. The summed E-state index contributed by atoms with van der Waals surface area (Å²) >= 11 is 0. The molecule has 1 aliphatic rings. The van der Waals surface area contributed by atoms with Crippen molar-refractivity contribution in [3.63, 3.8) is 0 Å². The summed E-state index contributed by atoms with van der Waals surface area (Å²) in [4.78, 5) is 23.1. The van der Waals surface area contributed by atoms with Gasteiger partial charge in [0.25, 0.3) is 0 Å². The van der Waals surface area contributed by atoms with Gasteiger partial charge in [-0.1, -0.05) is 122 Å². The van der Waals surface area contributed by atoms with Crippen molar-refractivity contribution in [1.82, 2.24) is 5.32 Å². The van der Waals surface area contributed by atoms with Gasteiger partial charge in [0.1, 0.15) is 36.6 Å². The minimum atomic E-state index is -5.12. The zero-order valence-corrected chi connectivity index (χ0v) is 30.0. The van der Waals surface area contributed by atoms with Crippen LogP contribution in [0.25, 0.3) is 0 Å². The monoisotopic (exact) mass is 711 g/mol. The maximum atomic E-state index is 12.8. The number of phosphoric ester groups is 1. The maximum Gasteiger partial charge on any atom is 0.472 e. The second-order valence-corrected chi connectivity index (χ2v) is 14.7. The number of rotatable bonds is 28. The SMILES string of the molecule is CCCCCCC/C=C/C(O)C(COP(=O)(O)OC1C(O)C(O)C(O)C(O)C1O)NC(=O)CC(O)CCCCCCCCCCCCC. The molecule has 0 aromatic carbocycles. The van der Waals surface area contributed by atoms with Gasteiger partial charge >= 0.3 is 7.82 Å². The summed E-state index contributed by atoms with van der Waals surface area (Å²) in [5.74, 6) is -0.599. The number of amides is 1. The van der Waals surface area contributed by atoms with Gasteiger partial charge in [0.15, 0.2) is 0 Å². The van der Waals surface area contributed by atoms with Crippen LogP contribution in [0.2, 0.25) is 0 Å². The van der Waals surface area contributed by atoms with Crippen molar-refractivity contribution in [2.24, 2.45) is 0 Å². The third-order valence-electron chi connectivity index (χ3n) is 8.87. The third-order valence-corrected chi connectivity index (χ3v) is 9.86. The van der Waals surface area contributed by atoms with E-state index in [0.717, 1.165) is 57.8 Å². The van der Waals surface area contributed by atoms with Gasteiger partial charge in [-0.05, 0) is 19.3 Å². The van der Waals surface area contributed by atoms with Crippen LogP contribution in [-0.2, 0) is 18.4 Å². The molecule has 1 amide bonds. The lowest BCUT2D eigenvalue weighted by Crippen LogP contribution is -2.64. The number of hydrogen-bond acceptors (Lipinski definition) is 11. The lowest BCUT2D eigenvalue weighted by molar-refractivity contribution is -0.220. The third kappa shape index (κ3) is 18.9. The Morgan fingerprint density at radius 3 is 1.71 bits per heavy atom. The van der Waals surface area contributed by atoms with Crippen LogP contribution < -0.4 is 5.32 Å². The predicted octanol–water partition coefficient (Wildman–Crippen LogP) is 3.52. The lowest BCUT2D eigenvalue weighted by atomic mass is 9.85. The number of phosphoric acid groups is 1. The van der Waals surface area contributed by atoms with E-state index < -0.39 is 75.2 Å². The Labute approximate surface area is 287 Å². The molecule has 1 saturated carbocycles. The summed E-state index contributed by atoms with van der Waals surface area (Å²) < 4.78 is 22.6. The quantitative estimate of drug-likeness (QED) is 0.0323. The second-order valence-electron chi connectivity index (χ2n) is 13.3. The summed E-state index contributed by atoms with van der Waals surface area (Å²) in [5.41, 5.74) is 0. The summed E-state index contributed by atoms with van der Waals surface area (Å²) in [7, 11) is -5.12. The van der Waals surface area contributed by atoms with Gasteiger partial charge in [-0.15, -0.1) is 0 Å². The summed E-state index contributed by atoms with van der Waals surface area (Å²) in [6, 6.07) is -1.23. The molecule has 1 aliphatic carbocycles. The van der Waals surface area contributed by atoms with Gasteiger partial charge in [-0.2, -0.15) is 0 Å². The van der Waals surface area contributed by atoms with Gasteiger partial charge in [-0.25, -0.2) is 4.57 Å². The van der Waals surface area contributed by atoms with E-state index in [2.05, 4.69) is 19.2 Å². The predicted molar refractivity (Wildman–Crippen MR) is 183 cm³/mol. The van der Waals surface area contributed by atoms with E-state index in [4.69, 9.17) is 9.05 Å². The first-order valence-electron chi connectivity index (χ1n) is 18.2. The molecular formula is C34H66NO12P. The van der Waals surface area contributed by atoms with Crippen molar-refractivity contribution in [2.45, 2.75) is 191 Å². The molecule has 0 spiro atoms. The molecule has 1 rings (SSSR count). The van der Waals surface area contributed by atoms with Crippen LogP contribution in [0.3, 0.4) is 0 Å². The van der Waals surface area contributed by atoms with E-state index in [-0.39, 0.29) is 6.42 Å². The first kappa shape index (κ1) is 45.1. The van der Waals surface area contributed by atoms with Crippen molar-refractivity contribution < 1.29 is 59.0 Å². The molecule has 9 N–H and O–H groups in total. The largest absolute Gasteiger partial charge is 0.472 e. The van der Waals surface area contributed by atoms with E-state index in [1.54, 1.807) is 6.08 Å². The molecule has 284 valence electrons. The zero-order valence-electron chi connectivity index (χ0n) is 29.2. The van der Waals surface area contributed by atoms with Crippen molar-refractivity contribution in [3.05, 3.63) is 12.2 Å². The highest BCUT2D eigenvalue weighted by molar-refractivity contribution is 7.47. The summed E-state index contributed by atoms with van der Waals surface area (Å²) in [6.07, 6.45) is 7.97. The van der Waals surface area contributed by atoms with Gasteiger partial charge in [0, 0.05) is 0 Å². The van der Waals surface area contributed by atoms with Crippen LogP contribution in [0.15, 0.2) is 12.2 Å². The van der Waals surface area contributed by atoms with E-state index in [1.165, 1.54) is 51.0 Å². The number of unbranched alkanes of at least 4 members (excludes halogenated alkanes) is 15. The van der Waals surface area contributed by atoms with E-state index >= 15 is 0 Å². The molecule has 0 saturated heterocycles. The summed E-state index contributed by atoms with van der Waals surface area (Å²) in [5, 5.41) is 73.6. The standard InChI is InChI=1S/C34H66NO12P/c1-3-5-7-9-11-12-13-14-16-17-19-21-25(36)23-28(38)35-26(27(37)22-20-18-15-10-8-6-4-2)24-46-48(44,45)47-34-32(42)30(40)29(39)31(41)33(34)43/h20,22,25-27,29-34,36-37,39-43H,3-19,21,23-24H2,1-2H3,(H,35,38)(H,44,45)/b22-20+. The van der Waals surface area contributed by atoms with Crippen LogP contribution >= 0.6 is 7.82 Å². The van der Waals surface area contributed by atoms with Crippen LogP contribution in [0, 0.1) is 0 Å². The molecule has 8 atom stereocenters. The highest BCUT2D eigenvalue weighted by Gasteiger charge is 2.51. The van der Waals surface area contributed by atoms with E-state index in [1.807, 2.05) is 0 Å². The number of carbonyl (C=O) groups excluding carboxylic acids is 1. The van der Waals surface area contributed by atoms with Gasteiger partial charge in [0.05, 0.1) is 31.3 Å². The molecule has 0 aromatic heterocycles. The molecule has 0 radical (unpaired) electrons. The Morgan fingerprint density at radius 1 is 0.729 bits per heavy atom. The second kappa shape index (κ2) is 25.9. The topological polar surface area (TPSA) is 226 Å². The molecule has 8 unspecified atom stereocenters. The minimum absolute atomic E-state index is 0.242. The average Bonchev–Trinajstić information content (AvgIpc) is 3.05. The van der Waals surface area contributed by atoms with E-state index in [0.29, 0.717) is 12.8 Å². The highest BCUT2D eigenvalue weighted by atomic mass is 31.2. The Hall–Kier alpha value is -0.960. The van der Waals surface area contributed by atoms with Crippen molar-refractivity contribution in [1.29, 1.82) is 0 Å². The highest BCUT2D eigenvalue weighted by Crippen LogP contribution is 2.47. The number of aliphatic hydroxyl groups is 7. The van der Waals surface area contributed by atoms with Crippen LogP contribution in [0.5, 0.6) is 0 Å². The van der Waals surface area contributed by atoms with Crippen molar-refractivity contribution in [2.75, 3.05) is 6.61 Å². The molecule has 13 nitrogen and oxygen atoms in total. The molecule has 0 bridgehead atoms. The van der Waals surface area contributed by atoms with Crippen LogP contribution in [0.1, 0.15) is 136 Å². The van der Waals surface area contributed by atoms with Crippen LogP contribution in [0.4, 0.5) is 0 Å². The Morgan fingerprint density at radius 2 is 1.19 bits per heavy atom. The molecule has 48 heavy (non-hydrogen) atoms. The van der Waals surface area contributed by atoms with Crippen LogP contribution in [-0.4, -0.2) is 108 Å². The molecule has 0 aliphatic heterocycles. The normalized spacial score (nSPS) is 26.3. The Balaban J connectivity index is 2.65. The lowest BCUT2D eigenvalue weighted by Gasteiger charge is -2.41. The average molecular weight is 712 g/mol. The Bertz CT molecular complexity index is 895. The minimum Gasteiger partial charge on any atom is -0.393 e. The van der Waals surface area contributed by atoms with Gasteiger partial charge in [-0.3, -0.25) is 13.8 Å². The maximum absolute atomic E-state index is 12.8. The molecule has 0 aromatic rings. The molecular weight excluding hydrogens is 645 g/mol. The fourth-order valence-electron chi connectivity index (χ4n) is 5.77. The van der Waals surface area contributed by atoms with E-state index in [9.17, 15) is 50.0 Å². The first-order valence-corrected chi connectivity index (χ1v) is 19.7. The zero-order chi connectivity index (χ0) is 36.0. The van der Waals surface area contributed by atoms with Gasteiger partial charge in [0.2, 0.25) is 5.91 Å². The smallest absolute Gasteiger partial charge is 0.393 e. The van der Waals surface area contributed by atoms with Crippen molar-refractivity contribution >= 4 is 13.7 Å². The Kier molecular flexibility index (Phi) is 24.3. The molecule has 14 heteroatoms. The summed E-state index contributed by atoms with van der Waals surface area (Å²) in [6.45, 7) is 3.60. The van der Waals surface area contributed by atoms with Crippen molar-refractivity contribution in [3.8, 4) is 0 Å². The number of carbonyl (C=O) groups is 1. The van der Waals surface area contributed by atoms with Gasteiger partial charge < -0.3 is 46.0 Å². The number of aliphatic hydroxyl groups excluding tert-OH is 7.